The van der Waals surface area contributed by atoms with Crippen molar-refractivity contribution >= 4 is 50.7 Å². The highest BCUT2D eigenvalue weighted by atomic mass is 79.9. The Hall–Kier alpha value is -2.25. The second-order valence-corrected chi connectivity index (χ2v) is 8.60. The Morgan fingerprint density at radius 3 is 2.48 bits per heavy atom. The highest BCUT2D eigenvalue weighted by molar-refractivity contribution is 9.10. The molecule has 8 heteroatoms. The number of hydrogen-bond donors (Lipinski definition) is 1. The van der Waals surface area contributed by atoms with Crippen LogP contribution < -0.4 is 15.0 Å². The van der Waals surface area contributed by atoms with Gasteiger partial charge in [0.2, 0.25) is 5.91 Å². The van der Waals surface area contributed by atoms with Gasteiger partial charge in [0.1, 0.15) is 5.75 Å². The Balaban J connectivity index is 1.74. The van der Waals surface area contributed by atoms with Gasteiger partial charge < -0.3 is 19.9 Å². The Bertz CT molecular complexity index is 946. The van der Waals surface area contributed by atoms with Crippen LogP contribution in [0.5, 0.6) is 5.75 Å². The molecule has 3 rings (SSSR count). The van der Waals surface area contributed by atoms with Gasteiger partial charge in [-0.3, -0.25) is 9.59 Å². The van der Waals surface area contributed by atoms with E-state index in [2.05, 4.69) is 26.1 Å². The van der Waals surface area contributed by atoms with Crippen molar-refractivity contribution in [1.29, 1.82) is 0 Å². The SMILES string of the molecule is CCCC(=O)N1CCN(c2ccc(Cl)cc2NC(=O)c2ccc(OCC)c(Br)c2)CC1. The van der Waals surface area contributed by atoms with E-state index < -0.39 is 0 Å². The molecule has 1 heterocycles. The number of amides is 2. The summed E-state index contributed by atoms with van der Waals surface area (Å²) in [5, 5.41) is 3.54. The number of ether oxygens (including phenoxy) is 1. The zero-order valence-corrected chi connectivity index (χ0v) is 20.1. The lowest BCUT2D eigenvalue weighted by Crippen LogP contribution is -2.48. The molecule has 0 unspecified atom stereocenters. The summed E-state index contributed by atoms with van der Waals surface area (Å²) in [6.45, 7) is 7.21. The number of carbonyl (C=O) groups is 2. The molecule has 0 bridgehead atoms. The van der Waals surface area contributed by atoms with E-state index >= 15 is 0 Å². The minimum Gasteiger partial charge on any atom is -0.493 e. The predicted octanol–water partition coefficient (Wildman–Crippen LogP) is 5.20. The van der Waals surface area contributed by atoms with E-state index in [0.29, 0.717) is 61.2 Å². The average molecular weight is 509 g/mol. The van der Waals surface area contributed by atoms with E-state index in [-0.39, 0.29) is 11.8 Å². The topological polar surface area (TPSA) is 61.9 Å². The summed E-state index contributed by atoms with van der Waals surface area (Å²) in [6, 6.07) is 10.7. The molecule has 166 valence electrons. The van der Waals surface area contributed by atoms with Gasteiger partial charge in [0.15, 0.2) is 0 Å². The molecule has 0 aromatic heterocycles. The van der Waals surface area contributed by atoms with Crippen molar-refractivity contribution in [3.8, 4) is 5.75 Å². The molecule has 1 N–H and O–H groups in total. The van der Waals surface area contributed by atoms with Gasteiger partial charge in [-0.25, -0.2) is 0 Å². The zero-order chi connectivity index (χ0) is 22.4. The number of carbonyl (C=O) groups excluding carboxylic acids is 2. The predicted molar refractivity (Wildman–Crippen MR) is 128 cm³/mol. The van der Waals surface area contributed by atoms with Gasteiger partial charge >= 0.3 is 0 Å². The first-order valence-electron chi connectivity index (χ1n) is 10.5. The van der Waals surface area contributed by atoms with Crippen LogP contribution in [-0.2, 0) is 4.79 Å². The standard InChI is InChI=1S/C23H27BrClN3O3/c1-3-5-22(29)28-12-10-27(11-13-28)20-8-7-17(25)15-19(20)26-23(30)16-6-9-21(31-4-2)18(24)14-16/h6-9,14-15H,3-5,10-13H2,1-2H3,(H,26,30). The minimum absolute atomic E-state index is 0.202. The fourth-order valence-corrected chi connectivity index (χ4v) is 4.23. The van der Waals surface area contributed by atoms with Crippen molar-refractivity contribution in [3.05, 3.63) is 51.5 Å². The molecule has 6 nitrogen and oxygen atoms in total. The summed E-state index contributed by atoms with van der Waals surface area (Å²) in [7, 11) is 0. The molecule has 0 saturated carbocycles. The van der Waals surface area contributed by atoms with Crippen molar-refractivity contribution < 1.29 is 14.3 Å². The fraction of sp³-hybridized carbons (Fsp3) is 0.391. The van der Waals surface area contributed by atoms with Crippen LogP contribution in [0.15, 0.2) is 40.9 Å². The third kappa shape index (κ3) is 5.92. The van der Waals surface area contributed by atoms with Crippen molar-refractivity contribution in [2.75, 3.05) is 43.0 Å². The maximum absolute atomic E-state index is 12.9. The molecule has 2 aromatic rings. The Morgan fingerprint density at radius 1 is 1.10 bits per heavy atom. The molecule has 1 aliphatic rings. The van der Waals surface area contributed by atoms with Gasteiger partial charge in [-0.15, -0.1) is 0 Å². The molecule has 1 saturated heterocycles. The maximum Gasteiger partial charge on any atom is 0.255 e. The van der Waals surface area contributed by atoms with Crippen molar-refractivity contribution in [2.45, 2.75) is 26.7 Å². The monoisotopic (exact) mass is 507 g/mol. The average Bonchev–Trinajstić information content (AvgIpc) is 2.76. The number of nitrogens with one attached hydrogen (secondary N) is 1. The van der Waals surface area contributed by atoms with Crippen LogP contribution in [0.4, 0.5) is 11.4 Å². The van der Waals surface area contributed by atoms with Gasteiger partial charge in [-0.2, -0.15) is 0 Å². The molecule has 1 fully saturated rings. The lowest BCUT2D eigenvalue weighted by atomic mass is 10.1. The van der Waals surface area contributed by atoms with E-state index in [4.69, 9.17) is 16.3 Å². The fourth-order valence-electron chi connectivity index (χ4n) is 3.56. The third-order valence-corrected chi connectivity index (χ3v) is 5.99. The second-order valence-electron chi connectivity index (χ2n) is 7.31. The Kier molecular flexibility index (Phi) is 8.21. The lowest BCUT2D eigenvalue weighted by molar-refractivity contribution is -0.131. The summed E-state index contributed by atoms with van der Waals surface area (Å²) in [5.41, 5.74) is 2.05. The van der Waals surface area contributed by atoms with Crippen molar-refractivity contribution in [1.82, 2.24) is 4.90 Å². The Labute approximate surface area is 196 Å². The first kappa shape index (κ1) is 23.4. The molecular formula is C23H27BrClN3O3. The molecule has 2 aromatic carbocycles. The maximum atomic E-state index is 12.9. The normalized spacial score (nSPS) is 13.8. The van der Waals surface area contributed by atoms with Crippen LogP contribution in [0.2, 0.25) is 5.02 Å². The van der Waals surface area contributed by atoms with E-state index in [0.717, 1.165) is 16.6 Å². The van der Waals surface area contributed by atoms with Crippen LogP contribution in [0.1, 0.15) is 37.0 Å². The molecule has 31 heavy (non-hydrogen) atoms. The summed E-state index contributed by atoms with van der Waals surface area (Å²) in [4.78, 5) is 29.2. The second kappa shape index (κ2) is 10.9. The Morgan fingerprint density at radius 2 is 1.84 bits per heavy atom. The number of rotatable bonds is 7. The minimum atomic E-state index is -0.232. The zero-order valence-electron chi connectivity index (χ0n) is 17.8. The van der Waals surface area contributed by atoms with Crippen LogP contribution in [0, 0.1) is 0 Å². The number of halogens is 2. The summed E-state index contributed by atoms with van der Waals surface area (Å²) < 4.78 is 6.24. The van der Waals surface area contributed by atoms with E-state index in [9.17, 15) is 9.59 Å². The first-order valence-corrected chi connectivity index (χ1v) is 11.7. The smallest absolute Gasteiger partial charge is 0.255 e. The molecular weight excluding hydrogens is 482 g/mol. The largest absolute Gasteiger partial charge is 0.493 e. The molecule has 0 atom stereocenters. The van der Waals surface area contributed by atoms with Crippen LogP contribution in [0.3, 0.4) is 0 Å². The summed E-state index contributed by atoms with van der Waals surface area (Å²) in [6.07, 6.45) is 1.44. The van der Waals surface area contributed by atoms with E-state index in [1.807, 2.05) is 30.9 Å². The molecule has 0 aliphatic carbocycles. The molecule has 2 amide bonds. The van der Waals surface area contributed by atoms with E-state index in [1.54, 1.807) is 24.3 Å². The van der Waals surface area contributed by atoms with Crippen LogP contribution in [-0.4, -0.2) is 49.5 Å². The van der Waals surface area contributed by atoms with Crippen LogP contribution in [0.25, 0.3) is 0 Å². The number of benzene rings is 2. The third-order valence-electron chi connectivity index (χ3n) is 5.14. The van der Waals surface area contributed by atoms with Gasteiger partial charge in [0, 0.05) is 43.2 Å². The van der Waals surface area contributed by atoms with Gasteiger partial charge in [-0.1, -0.05) is 18.5 Å². The highest BCUT2D eigenvalue weighted by Crippen LogP contribution is 2.31. The lowest BCUT2D eigenvalue weighted by Gasteiger charge is -2.37. The summed E-state index contributed by atoms with van der Waals surface area (Å²) in [5.74, 6) is 0.662. The number of nitrogens with zero attached hydrogens (tertiary/aromatic N) is 2. The van der Waals surface area contributed by atoms with Gasteiger partial charge in [-0.05, 0) is 65.7 Å². The molecule has 0 radical (unpaired) electrons. The summed E-state index contributed by atoms with van der Waals surface area (Å²) >= 11 is 9.67. The van der Waals surface area contributed by atoms with Gasteiger partial charge in [0.25, 0.3) is 5.91 Å². The van der Waals surface area contributed by atoms with Crippen LogP contribution >= 0.6 is 27.5 Å². The highest BCUT2D eigenvalue weighted by Gasteiger charge is 2.23. The molecule has 1 aliphatic heterocycles. The van der Waals surface area contributed by atoms with Crippen molar-refractivity contribution in [2.24, 2.45) is 0 Å². The van der Waals surface area contributed by atoms with Gasteiger partial charge in [0.05, 0.1) is 22.5 Å². The number of hydrogen-bond acceptors (Lipinski definition) is 4. The molecule has 0 spiro atoms. The first-order chi connectivity index (χ1) is 14.9. The number of anilines is 2. The van der Waals surface area contributed by atoms with E-state index in [1.165, 1.54) is 0 Å². The quantitative estimate of drug-likeness (QED) is 0.558. The van der Waals surface area contributed by atoms with Crippen molar-refractivity contribution in [3.63, 3.8) is 0 Å². The number of piperazine rings is 1.